The van der Waals surface area contributed by atoms with Crippen molar-refractivity contribution < 1.29 is 0 Å². The fourth-order valence-electron chi connectivity index (χ4n) is 2.34. The Morgan fingerprint density at radius 1 is 0.810 bits per heavy atom. The summed E-state index contributed by atoms with van der Waals surface area (Å²) in [4.78, 5) is 4.51. The van der Waals surface area contributed by atoms with Crippen LogP contribution in [0, 0.1) is 6.92 Å². The Labute approximate surface area is 125 Å². The zero-order valence-electron chi connectivity index (χ0n) is 12.0. The Balaban J connectivity index is 1.95. The van der Waals surface area contributed by atoms with E-state index in [1.54, 1.807) is 0 Å². The van der Waals surface area contributed by atoms with E-state index in [0.29, 0.717) is 0 Å². The van der Waals surface area contributed by atoms with E-state index in [-0.39, 0.29) is 6.04 Å². The number of benzene rings is 2. The molecule has 0 aliphatic carbocycles. The third kappa shape index (κ3) is 3.29. The maximum Gasteiger partial charge on any atom is 0.0940 e. The molecule has 1 aromatic heterocycles. The van der Waals surface area contributed by atoms with Gasteiger partial charge in [0.25, 0.3) is 0 Å². The first-order chi connectivity index (χ1) is 10.3. The van der Waals surface area contributed by atoms with Gasteiger partial charge in [-0.05, 0) is 36.8 Å². The molecule has 1 heterocycles. The first-order valence-electron chi connectivity index (χ1n) is 7.12. The molecule has 1 atom stereocenters. The number of nitrogens with zero attached hydrogens (tertiary/aromatic N) is 1. The largest absolute Gasteiger partial charge is 0.373 e. The van der Waals surface area contributed by atoms with Crippen LogP contribution in [-0.4, -0.2) is 4.98 Å². The molecule has 0 radical (unpaired) electrons. The highest BCUT2D eigenvalue weighted by molar-refractivity contribution is 5.49. The molecule has 0 aliphatic rings. The number of pyridine rings is 1. The van der Waals surface area contributed by atoms with E-state index in [0.717, 1.165) is 11.4 Å². The number of rotatable bonds is 4. The van der Waals surface area contributed by atoms with Gasteiger partial charge in [0, 0.05) is 11.9 Å². The molecular weight excluding hydrogens is 256 g/mol. The third-order valence-corrected chi connectivity index (χ3v) is 3.48. The second kappa shape index (κ2) is 6.23. The SMILES string of the molecule is Cc1ccc(NC(c2ccccc2)c2ccccn2)cc1. The van der Waals surface area contributed by atoms with Gasteiger partial charge < -0.3 is 5.32 Å². The molecule has 1 N–H and O–H groups in total. The number of aromatic nitrogens is 1. The molecule has 0 saturated heterocycles. The van der Waals surface area contributed by atoms with E-state index in [1.165, 1.54) is 11.1 Å². The highest BCUT2D eigenvalue weighted by Gasteiger charge is 2.14. The Morgan fingerprint density at radius 2 is 1.52 bits per heavy atom. The van der Waals surface area contributed by atoms with Gasteiger partial charge in [-0.1, -0.05) is 54.1 Å². The number of nitrogens with one attached hydrogen (secondary N) is 1. The molecule has 0 fully saturated rings. The van der Waals surface area contributed by atoms with Gasteiger partial charge in [-0.15, -0.1) is 0 Å². The van der Waals surface area contributed by atoms with Gasteiger partial charge in [-0.25, -0.2) is 0 Å². The first-order valence-corrected chi connectivity index (χ1v) is 7.12. The van der Waals surface area contributed by atoms with E-state index in [9.17, 15) is 0 Å². The van der Waals surface area contributed by atoms with Gasteiger partial charge in [-0.2, -0.15) is 0 Å². The quantitative estimate of drug-likeness (QED) is 0.752. The van der Waals surface area contributed by atoms with Gasteiger partial charge in [-0.3, -0.25) is 4.98 Å². The maximum atomic E-state index is 4.51. The summed E-state index contributed by atoms with van der Waals surface area (Å²) in [7, 11) is 0. The van der Waals surface area contributed by atoms with Gasteiger partial charge in [0.05, 0.1) is 11.7 Å². The second-order valence-electron chi connectivity index (χ2n) is 5.11. The van der Waals surface area contributed by atoms with Crippen molar-refractivity contribution in [2.45, 2.75) is 13.0 Å². The van der Waals surface area contributed by atoms with Crippen molar-refractivity contribution in [3.05, 3.63) is 95.8 Å². The minimum absolute atomic E-state index is 0.0510. The molecule has 21 heavy (non-hydrogen) atoms. The van der Waals surface area contributed by atoms with Crippen LogP contribution in [0.4, 0.5) is 5.69 Å². The zero-order chi connectivity index (χ0) is 14.5. The van der Waals surface area contributed by atoms with Crippen molar-refractivity contribution in [2.24, 2.45) is 0 Å². The van der Waals surface area contributed by atoms with Gasteiger partial charge >= 0.3 is 0 Å². The topological polar surface area (TPSA) is 24.9 Å². The number of aryl methyl sites for hydroxylation is 1. The Hall–Kier alpha value is -2.61. The van der Waals surface area contributed by atoms with E-state index in [1.807, 2.05) is 24.4 Å². The smallest absolute Gasteiger partial charge is 0.0940 e. The summed E-state index contributed by atoms with van der Waals surface area (Å²) in [5.41, 5.74) is 4.58. The molecular formula is C19H18N2. The summed E-state index contributed by atoms with van der Waals surface area (Å²) in [6, 6.07) is 24.9. The van der Waals surface area contributed by atoms with Crippen molar-refractivity contribution in [1.82, 2.24) is 4.98 Å². The lowest BCUT2D eigenvalue weighted by Gasteiger charge is -2.20. The molecule has 3 aromatic rings. The molecule has 0 spiro atoms. The normalized spacial score (nSPS) is 11.9. The van der Waals surface area contributed by atoms with Crippen molar-refractivity contribution in [2.75, 3.05) is 5.32 Å². The third-order valence-electron chi connectivity index (χ3n) is 3.48. The fraction of sp³-hybridized carbons (Fsp3) is 0.105. The average molecular weight is 274 g/mol. The molecule has 0 amide bonds. The summed E-state index contributed by atoms with van der Waals surface area (Å²) < 4.78 is 0. The predicted octanol–water partition coefficient (Wildman–Crippen LogP) is 4.59. The number of hydrogen-bond donors (Lipinski definition) is 1. The van der Waals surface area contributed by atoms with E-state index in [4.69, 9.17) is 0 Å². The van der Waals surface area contributed by atoms with Crippen molar-refractivity contribution in [3.63, 3.8) is 0 Å². The van der Waals surface area contributed by atoms with Gasteiger partial charge in [0.2, 0.25) is 0 Å². The summed E-state index contributed by atoms with van der Waals surface area (Å²) in [6.07, 6.45) is 1.84. The van der Waals surface area contributed by atoms with Crippen LogP contribution in [0.3, 0.4) is 0 Å². The number of anilines is 1. The molecule has 3 rings (SSSR count). The predicted molar refractivity (Wildman–Crippen MR) is 87.3 cm³/mol. The van der Waals surface area contributed by atoms with Crippen LogP contribution in [0.15, 0.2) is 79.0 Å². The summed E-state index contributed by atoms with van der Waals surface area (Å²) >= 11 is 0. The highest BCUT2D eigenvalue weighted by Crippen LogP contribution is 2.25. The van der Waals surface area contributed by atoms with Crippen LogP contribution in [0.2, 0.25) is 0 Å². The van der Waals surface area contributed by atoms with E-state index < -0.39 is 0 Å². The summed E-state index contributed by atoms with van der Waals surface area (Å²) in [6.45, 7) is 2.09. The molecule has 0 bridgehead atoms. The van der Waals surface area contributed by atoms with Crippen LogP contribution >= 0.6 is 0 Å². The van der Waals surface area contributed by atoms with E-state index in [2.05, 4.69) is 71.8 Å². The highest BCUT2D eigenvalue weighted by atomic mass is 14.9. The lowest BCUT2D eigenvalue weighted by atomic mass is 10.0. The Kier molecular flexibility index (Phi) is 3.97. The Morgan fingerprint density at radius 3 is 2.19 bits per heavy atom. The van der Waals surface area contributed by atoms with Crippen LogP contribution in [0.1, 0.15) is 22.9 Å². The average Bonchev–Trinajstić information content (AvgIpc) is 2.56. The van der Waals surface area contributed by atoms with Crippen LogP contribution in [-0.2, 0) is 0 Å². The molecule has 2 nitrogen and oxygen atoms in total. The minimum atomic E-state index is 0.0510. The molecule has 1 unspecified atom stereocenters. The van der Waals surface area contributed by atoms with Gasteiger partial charge in [0.15, 0.2) is 0 Å². The maximum absolute atomic E-state index is 4.51. The number of hydrogen-bond acceptors (Lipinski definition) is 2. The summed E-state index contributed by atoms with van der Waals surface area (Å²) in [5, 5.41) is 3.58. The Bertz CT molecular complexity index is 636. The van der Waals surface area contributed by atoms with Crippen LogP contribution < -0.4 is 5.32 Å². The van der Waals surface area contributed by atoms with Crippen LogP contribution in [0.5, 0.6) is 0 Å². The monoisotopic (exact) mass is 274 g/mol. The van der Waals surface area contributed by atoms with Crippen molar-refractivity contribution in [1.29, 1.82) is 0 Å². The van der Waals surface area contributed by atoms with Gasteiger partial charge in [0.1, 0.15) is 0 Å². The molecule has 2 aromatic carbocycles. The molecule has 0 saturated carbocycles. The lowest BCUT2D eigenvalue weighted by molar-refractivity contribution is 0.887. The molecule has 0 aliphatic heterocycles. The minimum Gasteiger partial charge on any atom is -0.373 e. The summed E-state index contributed by atoms with van der Waals surface area (Å²) in [5.74, 6) is 0. The van der Waals surface area contributed by atoms with E-state index >= 15 is 0 Å². The van der Waals surface area contributed by atoms with Crippen molar-refractivity contribution in [3.8, 4) is 0 Å². The molecule has 104 valence electrons. The second-order valence-corrected chi connectivity index (χ2v) is 5.11. The lowest BCUT2D eigenvalue weighted by Crippen LogP contribution is -2.13. The first kappa shape index (κ1) is 13.4. The fourth-order valence-corrected chi connectivity index (χ4v) is 2.34. The standard InChI is InChI=1S/C19H18N2/c1-15-10-12-17(13-11-15)21-19(16-7-3-2-4-8-16)18-9-5-6-14-20-18/h2-14,19,21H,1H3. The zero-order valence-corrected chi connectivity index (χ0v) is 12.0. The van der Waals surface area contributed by atoms with Crippen molar-refractivity contribution >= 4 is 5.69 Å². The molecule has 2 heteroatoms. The van der Waals surface area contributed by atoms with Crippen LogP contribution in [0.25, 0.3) is 0 Å².